The van der Waals surface area contributed by atoms with Crippen LogP contribution in [0.1, 0.15) is 22.3 Å². The number of hydrogen-bond acceptors (Lipinski definition) is 2. The lowest BCUT2D eigenvalue weighted by Gasteiger charge is -2.35. The van der Waals surface area contributed by atoms with Gasteiger partial charge < -0.3 is 9.32 Å². The largest absolute Gasteiger partial charge is 0.456 e. The Kier molecular flexibility index (Phi) is 7.11. The Morgan fingerprint density at radius 2 is 0.909 bits per heavy atom. The molecular formula is C53H35NO. The van der Waals surface area contributed by atoms with Crippen LogP contribution in [0.25, 0.3) is 55.0 Å². The number of fused-ring (bicyclic) bond motifs is 8. The molecule has 1 aliphatic carbocycles. The maximum atomic E-state index is 6.29. The van der Waals surface area contributed by atoms with E-state index in [9.17, 15) is 0 Å². The van der Waals surface area contributed by atoms with Crippen molar-refractivity contribution in [3.05, 3.63) is 235 Å². The van der Waals surface area contributed by atoms with Gasteiger partial charge in [-0.15, -0.1) is 0 Å². The van der Waals surface area contributed by atoms with Gasteiger partial charge in [0.25, 0.3) is 0 Å². The first kappa shape index (κ1) is 31.4. The standard InChI is InChI=1S/C53H35NO/c1-4-14-36(15-5-1)37-24-28-41(29-25-37)54(43-31-33-51-48(35-43)45-21-11-13-23-50(45)55-51)42-30-26-38-27-32-46-44-20-10-12-22-49(44)53(52(46)47(38)34-42,39-16-6-2-7-17-39)40-18-8-3-9-19-40/h1-35H. The molecule has 2 nitrogen and oxygen atoms in total. The quantitative estimate of drug-likeness (QED) is 0.172. The molecule has 0 amide bonds. The predicted octanol–water partition coefficient (Wildman–Crippen LogP) is 14.2. The highest BCUT2D eigenvalue weighted by Gasteiger charge is 2.47. The minimum absolute atomic E-state index is 0.511. The third-order valence-corrected chi connectivity index (χ3v) is 11.5. The average Bonchev–Trinajstić information content (AvgIpc) is 3.79. The minimum Gasteiger partial charge on any atom is -0.456 e. The number of rotatable bonds is 6. The first-order valence-corrected chi connectivity index (χ1v) is 18.9. The van der Waals surface area contributed by atoms with Crippen molar-refractivity contribution in [2.45, 2.75) is 5.41 Å². The molecule has 0 saturated heterocycles. The van der Waals surface area contributed by atoms with E-state index in [0.717, 1.165) is 39.0 Å². The van der Waals surface area contributed by atoms with E-state index in [2.05, 4.69) is 205 Å². The number of anilines is 3. The molecule has 10 aromatic rings. The monoisotopic (exact) mass is 701 g/mol. The van der Waals surface area contributed by atoms with E-state index in [1.54, 1.807) is 0 Å². The minimum atomic E-state index is -0.511. The van der Waals surface area contributed by atoms with Crippen LogP contribution in [0.3, 0.4) is 0 Å². The van der Waals surface area contributed by atoms with E-state index in [-0.39, 0.29) is 0 Å². The molecule has 11 rings (SSSR count). The molecular weight excluding hydrogens is 667 g/mol. The fourth-order valence-corrected chi connectivity index (χ4v) is 9.13. The molecule has 55 heavy (non-hydrogen) atoms. The second-order valence-electron chi connectivity index (χ2n) is 14.4. The second-order valence-corrected chi connectivity index (χ2v) is 14.4. The topological polar surface area (TPSA) is 16.4 Å². The summed E-state index contributed by atoms with van der Waals surface area (Å²) in [7, 11) is 0. The van der Waals surface area contributed by atoms with Gasteiger partial charge in [0.1, 0.15) is 11.2 Å². The fraction of sp³-hybridized carbons (Fsp3) is 0.0189. The van der Waals surface area contributed by atoms with Crippen molar-refractivity contribution in [1.82, 2.24) is 0 Å². The van der Waals surface area contributed by atoms with Crippen LogP contribution in [-0.2, 0) is 5.41 Å². The molecule has 1 aromatic heterocycles. The van der Waals surface area contributed by atoms with E-state index in [0.29, 0.717) is 0 Å². The molecule has 1 aliphatic rings. The lowest BCUT2D eigenvalue weighted by Crippen LogP contribution is -2.28. The Morgan fingerprint density at radius 3 is 1.65 bits per heavy atom. The van der Waals surface area contributed by atoms with Crippen molar-refractivity contribution in [2.24, 2.45) is 0 Å². The number of benzene rings is 9. The summed E-state index contributed by atoms with van der Waals surface area (Å²) in [5.74, 6) is 0. The molecule has 0 aliphatic heterocycles. The van der Waals surface area contributed by atoms with E-state index in [1.165, 1.54) is 55.3 Å². The Morgan fingerprint density at radius 1 is 0.364 bits per heavy atom. The highest BCUT2D eigenvalue weighted by Crippen LogP contribution is 2.58. The van der Waals surface area contributed by atoms with Crippen molar-refractivity contribution in [2.75, 3.05) is 4.90 Å². The Hall–Kier alpha value is -7.16. The molecule has 0 radical (unpaired) electrons. The number of hydrogen-bond donors (Lipinski definition) is 0. The Balaban J connectivity index is 1.18. The van der Waals surface area contributed by atoms with Gasteiger partial charge in [-0.2, -0.15) is 0 Å². The van der Waals surface area contributed by atoms with Gasteiger partial charge in [-0.05, 0) is 104 Å². The first-order valence-electron chi connectivity index (χ1n) is 18.9. The van der Waals surface area contributed by atoms with Crippen LogP contribution in [0.5, 0.6) is 0 Å². The van der Waals surface area contributed by atoms with Crippen LogP contribution in [0.4, 0.5) is 17.1 Å². The van der Waals surface area contributed by atoms with Gasteiger partial charge in [0.05, 0.1) is 5.41 Å². The summed E-state index contributed by atoms with van der Waals surface area (Å²) in [6.45, 7) is 0. The second kappa shape index (κ2) is 12.5. The SMILES string of the molecule is c1ccc(-c2ccc(N(c3ccc4ccc5c(c4c3)C(c3ccccc3)(c3ccccc3)c3ccccc3-5)c3ccc4oc5ccccc5c4c3)cc2)cc1. The van der Waals surface area contributed by atoms with E-state index in [1.807, 2.05) is 12.1 Å². The zero-order chi connectivity index (χ0) is 36.3. The van der Waals surface area contributed by atoms with Gasteiger partial charge in [0.2, 0.25) is 0 Å². The van der Waals surface area contributed by atoms with Gasteiger partial charge in [-0.3, -0.25) is 0 Å². The zero-order valence-corrected chi connectivity index (χ0v) is 30.1. The molecule has 0 saturated carbocycles. The summed E-state index contributed by atoms with van der Waals surface area (Å²) in [4.78, 5) is 2.39. The van der Waals surface area contributed by atoms with Crippen LogP contribution in [-0.4, -0.2) is 0 Å². The number of nitrogens with zero attached hydrogens (tertiary/aromatic N) is 1. The molecule has 0 spiro atoms. The first-order chi connectivity index (χ1) is 27.3. The Labute approximate surface area is 320 Å². The van der Waals surface area contributed by atoms with Gasteiger partial charge >= 0.3 is 0 Å². The number of furan rings is 1. The van der Waals surface area contributed by atoms with Gasteiger partial charge in [0, 0.05) is 27.8 Å². The predicted molar refractivity (Wildman–Crippen MR) is 229 cm³/mol. The maximum absolute atomic E-state index is 6.29. The molecule has 0 bridgehead atoms. The van der Waals surface area contributed by atoms with E-state index in [4.69, 9.17) is 4.42 Å². The molecule has 1 heterocycles. The van der Waals surface area contributed by atoms with Gasteiger partial charge in [0.15, 0.2) is 0 Å². The highest BCUT2D eigenvalue weighted by atomic mass is 16.3. The highest BCUT2D eigenvalue weighted by molar-refractivity contribution is 6.07. The van der Waals surface area contributed by atoms with Gasteiger partial charge in [-0.25, -0.2) is 0 Å². The summed E-state index contributed by atoms with van der Waals surface area (Å²) in [5.41, 5.74) is 14.6. The normalized spacial score (nSPS) is 12.9. The van der Waals surface area contributed by atoms with Crippen LogP contribution in [0.2, 0.25) is 0 Å². The van der Waals surface area contributed by atoms with Crippen molar-refractivity contribution >= 4 is 49.8 Å². The maximum Gasteiger partial charge on any atom is 0.135 e. The molecule has 258 valence electrons. The smallest absolute Gasteiger partial charge is 0.135 e. The molecule has 9 aromatic carbocycles. The van der Waals surface area contributed by atoms with Crippen molar-refractivity contribution in [3.8, 4) is 22.3 Å². The van der Waals surface area contributed by atoms with Gasteiger partial charge in [-0.1, -0.05) is 164 Å². The molecule has 0 unspecified atom stereocenters. The van der Waals surface area contributed by atoms with Crippen molar-refractivity contribution in [3.63, 3.8) is 0 Å². The molecule has 0 fully saturated rings. The fourth-order valence-electron chi connectivity index (χ4n) is 9.13. The van der Waals surface area contributed by atoms with E-state index >= 15 is 0 Å². The Bertz CT molecular complexity index is 2980. The van der Waals surface area contributed by atoms with Crippen LogP contribution < -0.4 is 4.90 Å². The summed E-state index contributed by atoms with van der Waals surface area (Å²) < 4.78 is 6.29. The average molecular weight is 702 g/mol. The number of para-hydroxylation sites is 1. The summed E-state index contributed by atoms with van der Waals surface area (Å²) in [6.07, 6.45) is 0. The lowest BCUT2D eigenvalue weighted by molar-refractivity contribution is 0.669. The lowest BCUT2D eigenvalue weighted by atomic mass is 9.66. The van der Waals surface area contributed by atoms with E-state index < -0.39 is 5.41 Å². The van der Waals surface area contributed by atoms with Crippen LogP contribution in [0, 0.1) is 0 Å². The van der Waals surface area contributed by atoms with Crippen molar-refractivity contribution in [1.29, 1.82) is 0 Å². The molecule has 0 N–H and O–H groups in total. The summed E-state index contributed by atoms with van der Waals surface area (Å²) >= 11 is 0. The van der Waals surface area contributed by atoms with Crippen LogP contribution in [0.15, 0.2) is 217 Å². The third kappa shape index (κ3) is 4.82. The molecule has 2 heteroatoms. The third-order valence-electron chi connectivity index (χ3n) is 11.5. The van der Waals surface area contributed by atoms with Crippen molar-refractivity contribution < 1.29 is 4.42 Å². The van der Waals surface area contributed by atoms with Crippen LogP contribution >= 0.6 is 0 Å². The summed E-state index contributed by atoms with van der Waals surface area (Å²) in [6, 6.07) is 77.1. The zero-order valence-electron chi connectivity index (χ0n) is 30.1. The summed E-state index contributed by atoms with van der Waals surface area (Å²) in [5, 5.41) is 4.66. The molecule has 0 atom stereocenters.